The minimum absolute atomic E-state index is 0.0456. The number of carbonyl (C=O) groups excluding carboxylic acids is 1. The Hall–Kier alpha value is -3.86. The third kappa shape index (κ3) is 6.22. The van der Waals surface area contributed by atoms with Crippen molar-refractivity contribution in [1.82, 2.24) is 15.1 Å². The normalized spacial score (nSPS) is 10.7. The molecule has 190 valence electrons. The van der Waals surface area contributed by atoms with E-state index in [2.05, 4.69) is 29.2 Å². The van der Waals surface area contributed by atoms with Crippen LogP contribution in [0.15, 0.2) is 42.5 Å². The van der Waals surface area contributed by atoms with Crippen LogP contribution in [0.5, 0.6) is 5.75 Å². The molecule has 8 heteroatoms. The van der Waals surface area contributed by atoms with Crippen LogP contribution >= 0.6 is 0 Å². The molecule has 3 rings (SSSR count). The van der Waals surface area contributed by atoms with Crippen molar-refractivity contribution in [2.75, 3.05) is 32.1 Å². The fourth-order valence-corrected chi connectivity index (χ4v) is 3.92. The molecule has 1 aromatic heterocycles. The molecule has 7 nitrogen and oxygen atoms in total. The van der Waals surface area contributed by atoms with Crippen LogP contribution < -0.4 is 15.0 Å². The lowest BCUT2D eigenvalue weighted by Crippen LogP contribution is -2.25. The summed E-state index contributed by atoms with van der Waals surface area (Å²) in [7, 11) is 3.62. The fraction of sp³-hybridized carbons (Fsp3) is 0.393. The van der Waals surface area contributed by atoms with E-state index in [0.717, 1.165) is 44.3 Å². The Morgan fingerprint density at radius 2 is 1.92 bits per heavy atom. The van der Waals surface area contributed by atoms with Crippen molar-refractivity contribution < 1.29 is 13.9 Å². The predicted octanol–water partition coefficient (Wildman–Crippen LogP) is 5.71. The summed E-state index contributed by atoms with van der Waals surface area (Å²) in [4.78, 5) is 15.0. The Labute approximate surface area is 212 Å². The Morgan fingerprint density at radius 3 is 2.58 bits per heavy atom. The van der Waals surface area contributed by atoms with Crippen LogP contribution in [0.2, 0.25) is 0 Å². The summed E-state index contributed by atoms with van der Waals surface area (Å²) < 4.78 is 21.8. The number of hydrogen-bond donors (Lipinski definition) is 1. The minimum Gasteiger partial charge on any atom is -0.494 e. The molecule has 0 radical (unpaired) electrons. The molecule has 0 aliphatic rings. The van der Waals surface area contributed by atoms with Gasteiger partial charge < -0.3 is 15.0 Å². The van der Waals surface area contributed by atoms with E-state index in [4.69, 9.17) is 10.00 Å². The standard InChI is InChI=1S/C28H34FN5O2/c1-5-7-9-14-31-28(35)24-18-26(20-10-11-21(19-30)23(29)16-20)34(32-24)25-13-12-22(17-27(25)36-4)33(3)15-8-6-2/h10-13,16-18H,5-9,14-15H2,1-4H3,(H,31,35). The molecule has 0 bridgehead atoms. The zero-order valence-corrected chi connectivity index (χ0v) is 21.5. The molecule has 0 aliphatic carbocycles. The summed E-state index contributed by atoms with van der Waals surface area (Å²) in [6.45, 7) is 5.73. The van der Waals surface area contributed by atoms with E-state index >= 15 is 0 Å². The molecule has 1 amide bonds. The highest BCUT2D eigenvalue weighted by atomic mass is 19.1. The van der Waals surface area contributed by atoms with E-state index in [0.29, 0.717) is 29.2 Å². The maximum absolute atomic E-state index is 14.5. The van der Waals surface area contributed by atoms with Gasteiger partial charge in [0.25, 0.3) is 5.91 Å². The maximum atomic E-state index is 14.5. The average Bonchev–Trinajstić information content (AvgIpc) is 3.34. The van der Waals surface area contributed by atoms with Gasteiger partial charge in [-0.2, -0.15) is 10.4 Å². The molecular formula is C28H34FN5O2. The number of nitriles is 1. The molecule has 0 saturated carbocycles. The van der Waals surface area contributed by atoms with Crippen molar-refractivity contribution in [3.05, 3.63) is 59.5 Å². The Balaban J connectivity index is 2.06. The number of rotatable bonds is 12. The molecular weight excluding hydrogens is 457 g/mol. The van der Waals surface area contributed by atoms with Gasteiger partial charge in [0.05, 0.1) is 18.4 Å². The smallest absolute Gasteiger partial charge is 0.271 e. The Bertz CT molecular complexity index is 1230. The van der Waals surface area contributed by atoms with Crippen LogP contribution in [0.25, 0.3) is 16.9 Å². The van der Waals surface area contributed by atoms with Crippen LogP contribution in [-0.4, -0.2) is 42.9 Å². The van der Waals surface area contributed by atoms with Crippen LogP contribution in [0.4, 0.5) is 10.1 Å². The molecule has 3 aromatic rings. The molecule has 0 unspecified atom stereocenters. The van der Waals surface area contributed by atoms with Crippen molar-refractivity contribution in [3.63, 3.8) is 0 Å². The number of nitrogens with one attached hydrogen (secondary N) is 1. The molecule has 0 atom stereocenters. The molecule has 0 fully saturated rings. The van der Waals surface area contributed by atoms with E-state index in [1.807, 2.05) is 31.3 Å². The van der Waals surface area contributed by atoms with E-state index < -0.39 is 5.82 Å². The van der Waals surface area contributed by atoms with Gasteiger partial charge in [-0.1, -0.05) is 39.2 Å². The summed E-state index contributed by atoms with van der Waals surface area (Å²) >= 11 is 0. The van der Waals surface area contributed by atoms with Gasteiger partial charge in [0.2, 0.25) is 0 Å². The number of amides is 1. The molecule has 0 aliphatic heterocycles. The van der Waals surface area contributed by atoms with Crippen molar-refractivity contribution in [2.45, 2.75) is 46.0 Å². The van der Waals surface area contributed by atoms with E-state index in [1.54, 1.807) is 23.9 Å². The van der Waals surface area contributed by atoms with Crippen LogP contribution in [0.3, 0.4) is 0 Å². The lowest BCUT2D eigenvalue weighted by atomic mass is 10.1. The van der Waals surface area contributed by atoms with Crippen LogP contribution in [0, 0.1) is 17.1 Å². The second kappa shape index (κ2) is 12.7. The summed E-state index contributed by atoms with van der Waals surface area (Å²) in [6.07, 6.45) is 5.14. The zero-order valence-electron chi connectivity index (χ0n) is 21.5. The Morgan fingerprint density at radius 1 is 1.14 bits per heavy atom. The molecule has 0 saturated heterocycles. The second-order valence-electron chi connectivity index (χ2n) is 8.73. The first-order valence-electron chi connectivity index (χ1n) is 12.4. The summed E-state index contributed by atoms with van der Waals surface area (Å²) in [6, 6.07) is 13.6. The number of carbonyl (C=O) groups is 1. The summed E-state index contributed by atoms with van der Waals surface area (Å²) in [5.74, 6) is -0.354. The summed E-state index contributed by atoms with van der Waals surface area (Å²) in [5, 5.41) is 16.6. The number of aromatic nitrogens is 2. The van der Waals surface area contributed by atoms with Crippen molar-refractivity contribution >= 4 is 11.6 Å². The van der Waals surface area contributed by atoms with Gasteiger partial charge in [0, 0.05) is 37.5 Å². The number of anilines is 1. The third-order valence-electron chi connectivity index (χ3n) is 6.07. The SMILES string of the molecule is CCCCCNC(=O)c1cc(-c2ccc(C#N)c(F)c2)n(-c2ccc(N(C)CCCC)cc2OC)n1. The van der Waals surface area contributed by atoms with Crippen molar-refractivity contribution in [1.29, 1.82) is 5.26 Å². The number of nitrogens with zero attached hydrogens (tertiary/aromatic N) is 4. The van der Waals surface area contributed by atoms with Crippen molar-refractivity contribution in [2.24, 2.45) is 0 Å². The second-order valence-corrected chi connectivity index (χ2v) is 8.73. The first kappa shape index (κ1) is 26.7. The lowest BCUT2D eigenvalue weighted by Gasteiger charge is -2.21. The summed E-state index contributed by atoms with van der Waals surface area (Å²) in [5.41, 5.74) is 2.80. The number of methoxy groups -OCH3 is 1. The van der Waals surface area contributed by atoms with Gasteiger partial charge in [0.1, 0.15) is 23.3 Å². The van der Waals surface area contributed by atoms with Gasteiger partial charge in [-0.05, 0) is 43.2 Å². The topological polar surface area (TPSA) is 83.2 Å². The van der Waals surface area contributed by atoms with Gasteiger partial charge in [-0.15, -0.1) is 0 Å². The molecule has 1 N–H and O–H groups in total. The molecule has 2 aromatic carbocycles. The number of hydrogen-bond acceptors (Lipinski definition) is 5. The zero-order chi connectivity index (χ0) is 26.1. The molecule has 1 heterocycles. The van der Waals surface area contributed by atoms with Crippen molar-refractivity contribution in [3.8, 4) is 28.8 Å². The highest BCUT2D eigenvalue weighted by Crippen LogP contribution is 2.33. The van der Waals surface area contributed by atoms with Gasteiger partial charge >= 0.3 is 0 Å². The average molecular weight is 492 g/mol. The predicted molar refractivity (Wildman–Crippen MR) is 140 cm³/mol. The lowest BCUT2D eigenvalue weighted by molar-refractivity contribution is 0.0947. The van der Waals surface area contributed by atoms with Gasteiger partial charge in [-0.3, -0.25) is 4.79 Å². The van der Waals surface area contributed by atoms with E-state index in [1.165, 1.54) is 12.1 Å². The first-order chi connectivity index (χ1) is 17.4. The highest BCUT2D eigenvalue weighted by Gasteiger charge is 2.20. The van der Waals surface area contributed by atoms with E-state index in [-0.39, 0.29) is 17.2 Å². The number of unbranched alkanes of at least 4 members (excludes halogenated alkanes) is 3. The molecule has 0 spiro atoms. The number of halogens is 1. The monoisotopic (exact) mass is 491 g/mol. The third-order valence-corrected chi connectivity index (χ3v) is 6.07. The molecule has 36 heavy (non-hydrogen) atoms. The minimum atomic E-state index is -0.631. The van der Waals surface area contributed by atoms with Gasteiger partial charge in [0.15, 0.2) is 5.69 Å². The fourth-order valence-electron chi connectivity index (χ4n) is 3.92. The van der Waals surface area contributed by atoms with Crippen LogP contribution in [0.1, 0.15) is 62.0 Å². The van der Waals surface area contributed by atoms with Crippen LogP contribution in [-0.2, 0) is 0 Å². The number of benzene rings is 2. The quantitative estimate of drug-likeness (QED) is 0.328. The number of ether oxygens (including phenoxy) is 1. The largest absolute Gasteiger partial charge is 0.494 e. The van der Waals surface area contributed by atoms with Gasteiger partial charge in [-0.25, -0.2) is 9.07 Å². The highest BCUT2D eigenvalue weighted by molar-refractivity contribution is 5.93. The van der Waals surface area contributed by atoms with E-state index in [9.17, 15) is 9.18 Å². The first-order valence-corrected chi connectivity index (χ1v) is 12.4. The Kier molecular flexibility index (Phi) is 9.46. The maximum Gasteiger partial charge on any atom is 0.271 e.